The number of halogens is 3. The van der Waals surface area contributed by atoms with Crippen molar-refractivity contribution in [1.29, 1.82) is 5.26 Å². The lowest BCUT2D eigenvalue weighted by molar-refractivity contribution is -0.274. The number of hydrogen-bond donors (Lipinski definition) is 2. The minimum Gasteiger partial charge on any atom is -0.437 e. The summed E-state index contributed by atoms with van der Waals surface area (Å²) in [5, 5.41) is 14.3. The molecule has 188 valence electrons. The van der Waals surface area contributed by atoms with Crippen LogP contribution in [0.4, 0.5) is 29.3 Å². The molecule has 1 aromatic heterocycles. The Hall–Kier alpha value is -4.30. The van der Waals surface area contributed by atoms with E-state index in [9.17, 15) is 23.2 Å². The molecule has 2 amide bonds. The number of carbonyl (C=O) groups excluding carboxylic acids is 1. The number of carbonyl (C=O) groups is 1. The summed E-state index contributed by atoms with van der Waals surface area (Å²) in [5.41, 5.74) is 0.485. The monoisotopic (exact) mass is 500 g/mol. The first kappa shape index (κ1) is 26.3. The van der Waals surface area contributed by atoms with Gasteiger partial charge in [-0.1, -0.05) is 18.2 Å². The van der Waals surface area contributed by atoms with Gasteiger partial charge in [0.2, 0.25) is 5.88 Å². The molecule has 1 heterocycles. The Labute approximate surface area is 205 Å². The van der Waals surface area contributed by atoms with E-state index < -0.39 is 23.7 Å². The number of aromatic nitrogens is 1. The van der Waals surface area contributed by atoms with Gasteiger partial charge in [-0.3, -0.25) is 0 Å². The quantitative estimate of drug-likeness (QED) is 0.363. The molecule has 3 aromatic rings. The van der Waals surface area contributed by atoms with Gasteiger partial charge in [0.25, 0.3) is 0 Å². The van der Waals surface area contributed by atoms with E-state index in [1.807, 2.05) is 39.0 Å². The van der Waals surface area contributed by atoms with Crippen LogP contribution in [0.5, 0.6) is 17.4 Å². The van der Waals surface area contributed by atoms with E-state index in [1.165, 1.54) is 24.3 Å². The minimum absolute atomic E-state index is 0.0297. The molecule has 0 atom stereocenters. The number of anilines is 2. The van der Waals surface area contributed by atoms with Gasteiger partial charge in [-0.2, -0.15) is 5.26 Å². The molecule has 0 radical (unpaired) electrons. The predicted octanol–water partition coefficient (Wildman–Crippen LogP) is 6.56. The number of rotatable bonds is 8. The Bertz CT molecular complexity index is 1260. The molecular weight excluding hydrogens is 477 g/mol. The summed E-state index contributed by atoms with van der Waals surface area (Å²) in [6, 6.07) is 15.9. The van der Waals surface area contributed by atoms with Crippen molar-refractivity contribution in [3.63, 3.8) is 0 Å². The minimum atomic E-state index is -4.82. The third kappa shape index (κ3) is 7.10. The number of benzene rings is 2. The molecule has 0 aliphatic rings. The maximum atomic E-state index is 12.6. The van der Waals surface area contributed by atoms with Crippen molar-refractivity contribution in [2.45, 2.75) is 32.7 Å². The van der Waals surface area contributed by atoms with E-state index in [0.717, 1.165) is 17.7 Å². The Morgan fingerprint density at radius 2 is 1.72 bits per heavy atom. The number of alkyl halides is 3. The molecule has 0 aliphatic heterocycles. The van der Waals surface area contributed by atoms with Crippen LogP contribution in [-0.2, 0) is 10.3 Å². The van der Waals surface area contributed by atoms with Crippen molar-refractivity contribution >= 4 is 17.4 Å². The Balaban J connectivity index is 1.81. The second-order valence-electron chi connectivity index (χ2n) is 7.85. The van der Waals surface area contributed by atoms with Crippen molar-refractivity contribution in [2.75, 3.05) is 17.2 Å². The molecule has 0 saturated carbocycles. The Morgan fingerprint density at radius 1 is 1.03 bits per heavy atom. The Morgan fingerprint density at radius 3 is 2.36 bits per heavy atom. The summed E-state index contributed by atoms with van der Waals surface area (Å²) < 4.78 is 52.6. The normalized spacial score (nSPS) is 11.4. The van der Waals surface area contributed by atoms with E-state index in [0.29, 0.717) is 12.4 Å². The summed E-state index contributed by atoms with van der Waals surface area (Å²) in [6.45, 7) is 6.12. The van der Waals surface area contributed by atoms with Crippen LogP contribution in [0.2, 0.25) is 0 Å². The SMILES string of the molecule is CCOC(C)(C)c1ccccc1Oc1nc(C#N)ccc1NC(=O)Nc1ccc(OC(F)(F)F)cc1. The molecule has 8 nitrogen and oxygen atoms in total. The fourth-order valence-corrected chi connectivity index (χ4v) is 3.30. The molecule has 0 aliphatic carbocycles. The van der Waals surface area contributed by atoms with Gasteiger partial charge in [0.05, 0.1) is 5.60 Å². The van der Waals surface area contributed by atoms with Crippen molar-refractivity contribution in [3.05, 3.63) is 71.9 Å². The standard InChI is InChI=1S/C25H23F3N4O4/c1-4-34-24(2,3)19-7-5-6-8-21(19)35-22-20(14-11-17(15-29)30-22)32-23(33)31-16-9-12-18(13-10-16)36-25(26,27)28/h5-14H,4H2,1-3H3,(H2,31,32,33). The lowest BCUT2D eigenvalue weighted by atomic mass is 9.97. The highest BCUT2D eigenvalue weighted by atomic mass is 19.4. The predicted molar refractivity (Wildman–Crippen MR) is 126 cm³/mol. The number of amides is 2. The highest BCUT2D eigenvalue weighted by molar-refractivity contribution is 6.00. The zero-order valence-corrected chi connectivity index (χ0v) is 19.6. The maximum Gasteiger partial charge on any atom is 0.573 e. The average Bonchev–Trinajstić information content (AvgIpc) is 2.81. The molecule has 0 spiro atoms. The number of ether oxygens (including phenoxy) is 3. The van der Waals surface area contributed by atoms with Crippen LogP contribution in [-0.4, -0.2) is 24.0 Å². The van der Waals surface area contributed by atoms with Gasteiger partial charge in [-0.15, -0.1) is 13.2 Å². The fraction of sp³-hybridized carbons (Fsp3) is 0.240. The van der Waals surface area contributed by atoms with Crippen LogP contribution in [0.15, 0.2) is 60.7 Å². The summed E-state index contributed by atoms with van der Waals surface area (Å²) in [6.07, 6.45) is -4.82. The zero-order chi connectivity index (χ0) is 26.3. The van der Waals surface area contributed by atoms with Gasteiger partial charge in [-0.25, -0.2) is 9.78 Å². The van der Waals surface area contributed by atoms with Gasteiger partial charge in [0, 0.05) is 17.9 Å². The zero-order valence-electron chi connectivity index (χ0n) is 19.6. The molecule has 0 unspecified atom stereocenters. The van der Waals surface area contributed by atoms with E-state index in [-0.39, 0.29) is 22.9 Å². The van der Waals surface area contributed by atoms with E-state index in [2.05, 4.69) is 20.4 Å². The summed E-state index contributed by atoms with van der Waals surface area (Å²) in [4.78, 5) is 16.7. The van der Waals surface area contributed by atoms with Crippen LogP contribution in [0.1, 0.15) is 32.0 Å². The lowest BCUT2D eigenvalue weighted by Gasteiger charge is -2.27. The van der Waals surface area contributed by atoms with Crippen LogP contribution in [0.3, 0.4) is 0 Å². The Kier molecular flexibility index (Phi) is 8.01. The molecule has 0 fully saturated rings. The van der Waals surface area contributed by atoms with Crippen LogP contribution in [0, 0.1) is 11.3 Å². The van der Waals surface area contributed by atoms with Crippen LogP contribution >= 0.6 is 0 Å². The first-order valence-electron chi connectivity index (χ1n) is 10.8. The van der Waals surface area contributed by atoms with Crippen molar-refractivity contribution in [3.8, 4) is 23.4 Å². The molecule has 11 heteroatoms. The third-order valence-corrected chi connectivity index (χ3v) is 4.82. The molecule has 36 heavy (non-hydrogen) atoms. The number of pyridine rings is 1. The summed E-state index contributed by atoms with van der Waals surface area (Å²) >= 11 is 0. The number of urea groups is 1. The second kappa shape index (κ2) is 11.0. The van der Waals surface area contributed by atoms with Gasteiger partial charge < -0.3 is 24.8 Å². The molecule has 0 bridgehead atoms. The molecule has 3 rings (SSSR count). The van der Waals surface area contributed by atoms with Crippen LogP contribution < -0.4 is 20.1 Å². The maximum absolute atomic E-state index is 12.6. The third-order valence-electron chi connectivity index (χ3n) is 4.82. The second-order valence-corrected chi connectivity index (χ2v) is 7.85. The average molecular weight is 500 g/mol. The number of para-hydroxylation sites is 1. The van der Waals surface area contributed by atoms with E-state index in [1.54, 1.807) is 12.1 Å². The van der Waals surface area contributed by atoms with E-state index in [4.69, 9.17) is 9.47 Å². The van der Waals surface area contributed by atoms with Gasteiger partial charge in [0.15, 0.2) is 0 Å². The number of hydrogen-bond acceptors (Lipinski definition) is 6. The first-order chi connectivity index (χ1) is 17.0. The van der Waals surface area contributed by atoms with Gasteiger partial charge >= 0.3 is 12.4 Å². The topological polar surface area (TPSA) is 106 Å². The van der Waals surface area contributed by atoms with Crippen molar-refractivity contribution < 1.29 is 32.2 Å². The molecule has 2 N–H and O–H groups in total. The summed E-state index contributed by atoms with van der Waals surface area (Å²) in [7, 11) is 0. The van der Waals surface area contributed by atoms with Crippen molar-refractivity contribution in [1.82, 2.24) is 4.98 Å². The number of nitriles is 1. The molecular formula is C25H23F3N4O4. The fourth-order valence-electron chi connectivity index (χ4n) is 3.30. The lowest BCUT2D eigenvalue weighted by Crippen LogP contribution is -2.22. The largest absolute Gasteiger partial charge is 0.573 e. The van der Waals surface area contributed by atoms with E-state index >= 15 is 0 Å². The number of nitrogens with one attached hydrogen (secondary N) is 2. The smallest absolute Gasteiger partial charge is 0.437 e. The van der Waals surface area contributed by atoms with Gasteiger partial charge in [-0.05, 0) is 63.2 Å². The van der Waals surface area contributed by atoms with Gasteiger partial charge in [0.1, 0.15) is 28.9 Å². The van der Waals surface area contributed by atoms with Crippen molar-refractivity contribution in [2.24, 2.45) is 0 Å². The van der Waals surface area contributed by atoms with Crippen LogP contribution in [0.25, 0.3) is 0 Å². The summed E-state index contributed by atoms with van der Waals surface area (Å²) in [5.74, 6) is -0.0331. The highest BCUT2D eigenvalue weighted by Crippen LogP contribution is 2.37. The molecule has 2 aromatic carbocycles. The molecule has 0 saturated heterocycles. The first-order valence-corrected chi connectivity index (χ1v) is 10.8. The highest BCUT2D eigenvalue weighted by Gasteiger charge is 2.31. The number of nitrogens with zero attached hydrogens (tertiary/aromatic N) is 2.